The first-order valence-electron chi connectivity index (χ1n) is 12.9. The molecule has 0 radical (unpaired) electrons. The molecule has 38 heavy (non-hydrogen) atoms. The number of rotatable bonds is 7. The summed E-state index contributed by atoms with van der Waals surface area (Å²) < 4.78 is 21.9. The molecule has 198 valence electrons. The van der Waals surface area contributed by atoms with E-state index >= 15 is 4.39 Å². The van der Waals surface area contributed by atoms with Gasteiger partial charge in [-0.1, -0.05) is 48.0 Å². The van der Waals surface area contributed by atoms with E-state index in [1.54, 1.807) is 19.2 Å². The molecule has 2 aliphatic rings. The molecule has 8 heteroatoms. The average molecular weight is 536 g/mol. The van der Waals surface area contributed by atoms with Gasteiger partial charge in [0.25, 0.3) is 0 Å². The highest BCUT2D eigenvalue weighted by molar-refractivity contribution is 6.34. The van der Waals surface area contributed by atoms with Gasteiger partial charge >= 0.3 is 0 Å². The van der Waals surface area contributed by atoms with Gasteiger partial charge in [0.05, 0.1) is 0 Å². The third-order valence-electron chi connectivity index (χ3n) is 7.84. The van der Waals surface area contributed by atoms with Crippen molar-refractivity contribution in [2.24, 2.45) is 11.7 Å². The molecular formula is C30H31ClFN3O3. The van der Waals surface area contributed by atoms with Crippen molar-refractivity contribution in [1.29, 1.82) is 0 Å². The van der Waals surface area contributed by atoms with E-state index in [1.165, 1.54) is 18.2 Å². The number of carbonyl (C=O) groups is 2. The van der Waals surface area contributed by atoms with Crippen molar-refractivity contribution < 1.29 is 18.7 Å². The molecule has 1 atom stereocenters. The fourth-order valence-corrected chi connectivity index (χ4v) is 6.11. The molecule has 3 aromatic carbocycles. The van der Waals surface area contributed by atoms with Crippen molar-refractivity contribution in [2.45, 2.75) is 43.7 Å². The Morgan fingerprint density at radius 3 is 2.45 bits per heavy atom. The smallest absolute Gasteiger partial charge is 0.249 e. The topological polar surface area (TPSA) is 93.5 Å². The van der Waals surface area contributed by atoms with Crippen LogP contribution in [0.25, 0.3) is 11.1 Å². The van der Waals surface area contributed by atoms with Gasteiger partial charge in [0.15, 0.2) is 5.60 Å². The summed E-state index contributed by atoms with van der Waals surface area (Å²) in [7, 11) is 1.68. The number of primary amides is 1. The number of nitrogens with two attached hydrogens (primary N) is 1. The van der Waals surface area contributed by atoms with Gasteiger partial charge in [-0.05, 0) is 55.5 Å². The molecule has 0 saturated heterocycles. The molecule has 1 saturated carbocycles. The van der Waals surface area contributed by atoms with Crippen LogP contribution in [-0.4, -0.2) is 31.4 Å². The van der Waals surface area contributed by atoms with E-state index in [0.29, 0.717) is 29.3 Å². The highest BCUT2D eigenvalue weighted by atomic mass is 35.5. The maximum absolute atomic E-state index is 15.2. The summed E-state index contributed by atoms with van der Waals surface area (Å²) in [6, 6.07) is 17.9. The van der Waals surface area contributed by atoms with E-state index in [9.17, 15) is 9.59 Å². The SMILES string of the molecule is CNC(=O)[C@H]1CC[C@H](NC[C@@]2(c3ccccc3)Cc3c(ccc(Cl)c3-c3c(F)cccc3C(N)=O)O2)CC1. The minimum absolute atomic E-state index is 0.0537. The summed E-state index contributed by atoms with van der Waals surface area (Å²) in [6.07, 6.45) is 3.88. The molecular weight excluding hydrogens is 505 g/mol. The van der Waals surface area contributed by atoms with Gasteiger partial charge < -0.3 is 21.1 Å². The number of amides is 2. The third kappa shape index (κ3) is 4.88. The summed E-state index contributed by atoms with van der Waals surface area (Å²) >= 11 is 6.66. The van der Waals surface area contributed by atoms with Crippen LogP contribution in [0, 0.1) is 11.7 Å². The first-order chi connectivity index (χ1) is 18.3. The number of ether oxygens (including phenoxy) is 1. The van der Waals surface area contributed by atoms with Crippen molar-refractivity contribution >= 4 is 23.4 Å². The van der Waals surface area contributed by atoms with E-state index in [4.69, 9.17) is 22.1 Å². The molecule has 0 spiro atoms. The minimum atomic E-state index is -0.765. The maximum Gasteiger partial charge on any atom is 0.249 e. The van der Waals surface area contributed by atoms with Crippen LogP contribution in [0.1, 0.15) is 47.2 Å². The second kappa shape index (κ2) is 10.8. The lowest BCUT2D eigenvalue weighted by Gasteiger charge is -2.34. The Morgan fingerprint density at radius 1 is 1.03 bits per heavy atom. The van der Waals surface area contributed by atoms with Crippen LogP contribution in [0.2, 0.25) is 5.02 Å². The number of hydrogen-bond donors (Lipinski definition) is 3. The zero-order chi connectivity index (χ0) is 26.9. The molecule has 1 heterocycles. The number of benzene rings is 3. The fourth-order valence-electron chi connectivity index (χ4n) is 5.83. The summed E-state index contributed by atoms with van der Waals surface area (Å²) in [5, 5.41) is 6.77. The number of halogens is 2. The lowest BCUT2D eigenvalue weighted by Crippen LogP contribution is -2.47. The van der Waals surface area contributed by atoms with Gasteiger partial charge in [0, 0.05) is 59.2 Å². The van der Waals surface area contributed by atoms with Gasteiger partial charge in [-0.25, -0.2) is 4.39 Å². The van der Waals surface area contributed by atoms with Crippen molar-refractivity contribution in [3.05, 3.63) is 88.2 Å². The molecule has 5 rings (SSSR count). The molecule has 1 fully saturated rings. The quantitative estimate of drug-likeness (QED) is 0.398. The van der Waals surface area contributed by atoms with E-state index in [2.05, 4.69) is 10.6 Å². The lowest BCUT2D eigenvalue weighted by molar-refractivity contribution is -0.125. The number of nitrogens with one attached hydrogen (secondary N) is 2. The zero-order valence-electron chi connectivity index (χ0n) is 21.2. The van der Waals surface area contributed by atoms with Crippen LogP contribution in [0.3, 0.4) is 0 Å². The molecule has 4 N–H and O–H groups in total. The first-order valence-corrected chi connectivity index (χ1v) is 13.3. The highest BCUT2D eigenvalue weighted by Crippen LogP contribution is 2.49. The largest absolute Gasteiger partial charge is 0.481 e. The van der Waals surface area contributed by atoms with Crippen molar-refractivity contribution in [3.8, 4) is 16.9 Å². The Morgan fingerprint density at radius 2 is 1.76 bits per heavy atom. The second-order valence-electron chi connectivity index (χ2n) is 10.1. The molecule has 0 bridgehead atoms. The Bertz CT molecular complexity index is 1360. The van der Waals surface area contributed by atoms with Crippen LogP contribution in [-0.2, 0) is 16.8 Å². The van der Waals surface area contributed by atoms with Crippen LogP contribution in [0.15, 0.2) is 60.7 Å². The Balaban J connectivity index is 1.49. The van der Waals surface area contributed by atoms with Crippen LogP contribution >= 0.6 is 11.6 Å². The lowest BCUT2D eigenvalue weighted by atomic mass is 9.83. The predicted molar refractivity (Wildman–Crippen MR) is 146 cm³/mol. The Kier molecular flexibility index (Phi) is 7.41. The van der Waals surface area contributed by atoms with Crippen LogP contribution < -0.4 is 21.1 Å². The van der Waals surface area contributed by atoms with E-state index < -0.39 is 17.3 Å². The first kappa shape index (κ1) is 26.2. The van der Waals surface area contributed by atoms with Crippen molar-refractivity contribution in [1.82, 2.24) is 10.6 Å². The number of hydrogen-bond acceptors (Lipinski definition) is 4. The molecule has 0 aromatic heterocycles. The van der Waals surface area contributed by atoms with Crippen molar-refractivity contribution in [2.75, 3.05) is 13.6 Å². The number of fused-ring (bicyclic) bond motifs is 1. The molecule has 0 unspecified atom stereocenters. The standard InChI is InChI=1S/C30H31ClFN3O3/c1-34-29(37)18-10-12-20(13-11-18)35-17-30(19-6-3-2-4-7-19)16-22-25(38-30)15-14-23(31)26(22)27-21(28(33)36)8-5-9-24(27)32/h2-9,14-15,18,20,35H,10-13,16-17H2,1H3,(H2,33,36)(H,34,37)/t18-,20-,30-/m1/s1. The third-order valence-corrected chi connectivity index (χ3v) is 8.15. The summed E-state index contributed by atoms with van der Waals surface area (Å²) in [5.41, 5.74) is 7.16. The predicted octanol–water partition coefficient (Wildman–Crippen LogP) is 4.97. The molecule has 6 nitrogen and oxygen atoms in total. The zero-order valence-corrected chi connectivity index (χ0v) is 22.0. The Hall–Kier alpha value is -3.42. The molecule has 1 aliphatic heterocycles. The van der Waals surface area contributed by atoms with Gasteiger partial charge in [-0.15, -0.1) is 0 Å². The maximum atomic E-state index is 15.2. The van der Waals surface area contributed by atoms with Crippen LogP contribution in [0.5, 0.6) is 5.75 Å². The normalized spacial score (nSPS) is 22.4. The molecule has 3 aromatic rings. The van der Waals surface area contributed by atoms with Crippen molar-refractivity contribution in [3.63, 3.8) is 0 Å². The van der Waals surface area contributed by atoms with Gasteiger partial charge in [-0.2, -0.15) is 0 Å². The van der Waals surface area contributed by atoms with Crippen LogP contribution in [0.4, 0.5) is 4.39 Å². The van der Waals surface area contributed by atoms with E-state index in [0.717, 1.165) is 36.8 Å². The average Bonchev–Trinajstić information content (AvgIpc) is 3.32. The van der Waals surface area contributed by atoms with Gasteiger partial charge in [-0.3, -0.25) is 9.59 Å². The second-order valence-corrected chi connectivity index (χ2v) is 10.5. The van der Waals surface area contributed by atoms with E-state index in [1.807, 2.05) is 30.3 Å². The summed E-state index contributed by atoms with van der Waals surface area (Å²) in [5.74, 6) is -0.544. The monoisotopic (exact) mass is 535 g/mol. The summed E-state index contributed by atoms with van der Waals surface area (Å²) in [4.78, 5) is 24.3. The fraction of sp³-hybridized carbons (Fsp3) is 0.333. The van der Waals surface area contributed by atoms with E-state index in [-0.39, 0.29) is 29.0 Å². The van der Waals surface area contributed by atoms with Gasteiger partial charge in [0.2, 0.25) is 11.8 Å². The number of carbonyl (C=O) groups excluding carboxylic acids is 2. The summed E-state index contributed by atoms with van der Waals surface area (Å²) in [6.45, 7) is 0.512. The Labute approximate surface area is 226 Å². The molecule has 2 amide bonds. The highest BCUT2D eigenvalue weighted by Gasteiger charge is 2.43. The minimum Gasteiger partial charge on any atom is -0.481 e. The van der Waals surface area contributed by atoms with Gasteiger partial charge in [0.1, 0.15) is 11.6 Å². The molecule has 1 aliphatic carbocycles.